The van der Waals surface area contributed by atoms with Crippen LogP contribution in [0.5, 0.6) is 0 Å². The number of benzene rings is 1. The number of hydrogen-bond donors (Lipinski definition) is 0. The van der Waals surface area contributed by atoms with Crippen LogP contribution in [-0.2, 0) is 44.9 Å². The molecule has 0 fully saturated rings. The standard InChI is InChI=1S/C13H11N.C9H11N.C8H7NO.C8H9N.4C5H12/c1-2-5-11-9-13-12(6-3-7-14-13)8-10(11)4-1;1-2-6-9-8(4-1)5-3-7-10-9;10-8-4-3-7-6(8)2-1-5-9-7;1-3-7-4-2-6-9-8(7)5-1;4*1-5(2,3)4/h1-7H,8-9H2;3,5,7H,1-2,4,6H2;1-2,5H,3-4H2;2,4,6H,1,3,5H2;4*1-4H3. The average molecular weight is 855 g/mol. The Balaban J connectivity index is 0.000000257. The van der Waals surface area contributed by atoms with E-state index in [9.17, 15) is 4.79 Å². The molecule has 1 aromatic carbocycles. The Morgan fingerprint density at radius 2 is 0.683 bits per heavy atom. The van der Waals surface area contributed by atoms with Crippen LogP contribution >= 0.6 is 0 Å². The maximum atomic E-state index is 11.0. The van der Waals surface area contributed by atoms with E-state index in [0.717, 1.165) is 30.5 Å². The van der Waals surface area contributed by atoms with E-state index in [-0.39, 0.29) is 5.78 Å². The monoisotopic (exact) mass is 855 g/mol. The molecule has 0 spiro atoms. The smallest absolute Gasteiger partial charge is 0.165 e. The fraction of sp³-hybridized carbons (Fsp3) is 0.534. The van der Waals surface area contributed by atoms with Crippen molar-refractivity contribution >= 4 is 5.78 Å². The Labute approximate surface area is 385 Å². The Morgan fingerprint density at radius 3 is 1.14 bits per heavy atom. The van der Waals surface area contributed by atoms with Gasteiger partial charge in [-0.15, -0.1) is 0 Å². The third-order valence-electron chi connectivity index (χ3n) is 8.56. The molecule has 5 nitrogen and oxygen atoms in total. The fourth-order valence-corrected chi connectivity index (χ4v) is 6.24. The van der Waals surface area contributed by atoms with E-state index in [0.29, 0.717) is 28.1 Å². The normalized spacial score (nSPS) is 14.0. The Bertz CT molecular complexity index is 1860. The molecule has 0 radical (unpaired) electrons. The number of pyridine rings is 4. The molecule has 4 heterocycles. The number of hydrogen-bond acceptors (Lipinski definition) is 5. The number of carbonyl (C=O) groups is 1. The zero-order valence-electron chi connectivity index (χ0n) is 42.7. The van der Waals surface area contributed by atoms with Crippen LogP contribution in [0.4, 0.5) is 0 Å². The minimum atomic E-state index is 0.239. The largest absolute Gasteiger partial charge is 0.294 e. The van der Waals surface area contributed by atoms with Crippen molar-refractivity contribution in [3.05, 3.63) is 154 Å². The van der Waals surface area contributed by atoms with E-state index in [1.807, 2.05) is 48.9 Å². The van der Waals surface area contributed by atoms with Gasteiger partial charge >= 0.3 is 0 Å². The molecule has 0 atom stereocenters. The fourth-order valence-electron chi connectivity index (χ4n) is 6.24. The summed E-state index contributed by atoms with van der Waals surface area (Å²) in [7, 11) is 0. The van der Waals surface area contributed by atoms with Crippen LogP contribution in [0.25, 0.3) is 0 Å². The van der Waals surface area contributed by atoms with Crippen LogP contribution < -0.4 is 0 Å². The number of ketones is 1. The summed E-state index contributed by atoms with van der Waals surface area (Å²) in [5.74, 6) is 0.239. The van der Waals surface area contributed by atoms with Gasteiger partial charge in [-0.2, -0.15) is 0 Å². The number of nitrogens with zero attached hydrogens (tertiary/aromatic N) is 4. The molecule has 0 saturated carbocycles. The highest BCUT2D eigenvalue weighted by Gasteiger charge is 2.19. The highest BCUT2D eigenvalue weighted by Crippen LogP contribution is 2.25. The molecular weight excluding hydrogens is 769 g/mol. The summed E-state index contributed by atoms with van der Waals surface area (Å²) >= 11 is 0. The zero-order chi connectivity index (χ0) is 47.3. The van der Waals surface area contributed by atoms with Crippen LogP contribution in [-0.4, -0.2) is 25.7 Å². The minimum absolute atomic E-state index is 0.239. The first-order valence-electron chi connectivity index (χ1n) is 23.6. The van der Waals surface area contributed by atoms with E-state index >= 15 is 0 Å². The van der Waals surface area contributed by atoms with Gasteiger partial charge in [-0.3, -0.25) is 24.7 Å². The quantitative estimate of drug-likeness (QED) is 0.152. The highest BCUT2D eigenvalue weighted by atomic mass is 16.1. The molecule has 0 amide bonds. The highest BCUT2D eigenvalue weighted by molar-refractivity contribution is 5.99. The molecule has 5 heteroatoms. The van der Waals surface area contributed by atoms with Gasteiger partial charge in [-0.25, -0.2) is 0 Å². The van der Waals surface area contributed by atoms with Gasteiger partial charge in [-0.1, -0.05) is 153 Å². The summed E-state index contributed by atoms with van der Waals surface area (Å²) in [6.45, 7) is 35.0. The van der Waals surface area contributed by atoms with Gasteiger partial charge in [0, 0.05) is 60.3 Å². The predicted molar refractivity (Wildman–Crippen MR) is 271 cm³/mol. The summed E-state index contributed by atoms with van der Waals surface area (Å²) in [5.41, 5.74) is 14.9. The van der Waals surface area contributed by atoms with Crippen molar-refractivity contribution in [2.75, 3.05) is 0 Å². The third kappa shape index (κ3) is 27.3. The molecule has 0 bridgehead atoms. The van der Waals surface area contributed by atoms with Crippen molar-refractivity contribution in [2.24, 2.45) is 21.7 Å². The number of fused-ring (bicyclic) bond motifs is 5. The number of aryl methyl sites for hydroxylation is 5. The first kappa shape index (κ1) is 54.6. The summed E-state index contributed by atoms with van der Waals surface area (Å²) in [6.07, 6.45) is 19.7. The summed E-state index contributed by atoms with van der Waals surface area (Å²) < 4.78 is 0. The lowest BCUT2D eigenvalue weighted by Gasteiger charge is -2.17. The van der Waals surface area contributed by atoms with Gasteiger partial charge in [0.15, 0.2) is 5.78 Å². The van der Waals surface area contributed by atoms with E-state index in [1.165, 1.54) is 89.8 Å². The molecule has 9 rings (SSSR count). The van der Waals surface area contributed by atoms with Crippen LogP contribution in [0, 0.1) is 21.7 Å². The maximum Gasteiger partial charge on any atom is 0.165 e. The van der Waals surface area contributed by atoms with Gasteiger partial charge < -0.3 is 0 Å². The number of Topliss-reactive ketones (excluding diaryl/α,β-unsaturated/α-hetero) is 1. The molecular formula is C58H86N4O. The second-order valence-corrected chi connectivity index (χ2v) is 23.4. The second-order valence-electron chi connectivity index (χ2n) is 23.4. The van der Waals surface area contributed by atoms with Gasteiger partial charge in [0.1, 0.15) is 0 Å². The first-order chi connectivity index (χ1) is 29.2. The predicted octanol–water partition coefficient (Wildman–Crippen LogP) is 15.5. The molecule has 0 aliphatic heterocycles. The first-order valence-corrected chi connectivity index (χ1v) is 23.6. The minimum Gasteiger partial charge on any atom is -0.294 e. The van der Waals surface area contributed by atoms with E-state index in [4.69, 9.17) is 0 Å². The van der Waals surface area contributed by atoms with Crippen molar-refractivity contribution in [2.45, 2.75) is 181 Å². The molecule has 4 aliphatic rings. The number of rotatable bonds is 0. The Hall–Kier alpha value is -4.51. The molecule has 4 aliphatic carbocycles. The van der Waals surface area contributed by atoms with Gasteiger partial charge in [0.2, 0.25) is 0 Å². The molecule has 4 aromatic heterocycles. The molecule has 0 N–H and O–H groups in total. The van der Waals surface area contributed by atoms with E-state index in [2.05, 4.69) is 173 Å². The van der Waals surface area contributed by atoms with Crippen molar-refractivity contribution in [3.8, 4) is 0 Å². The van der Waals surface area contributed by atoms with Crippen molar-refractivity contribution < 1.29 is 4.79 Å². The summed E-state index contributed by atoms with van der Waals surface area (Å²) in [4.78, 5) is 28.1. The summed E-state index contributed by atoms with van der Waals surface area (Å²) in [5, 5.41) is 0. The lowest BCUT2D eigenvalue weighted by molar-refractivity contribution is 0.0994. The Morgan fingerprint density at radius 1 is 0.333 bits per heavy atom. The maximum absolute atomic E-state index is 11.0. The van der Waals surface area contributed by atoms with Crippen LogP contribution in [0.15, 0.2) is 97.6 Å². The van der Waals surface area contributed by atoms with Gasteiger partial charge in [0.25, 0.3) is 0 Å². The van der Waals surface area contributed by atoms with E-state index < -0.39 is 0 Å². The third-order valence-corrected chi connectivity index (χ3v) is 8.56. The molecule has 0 unspecified atom stereocenters. The van der Waals surface area contributed by atoms with Gasteiger partial charge in [0.05, 0.1) is 5.69 Å². The van der Waals surface area contributed by atoms with Crippen LogP contribution in [0.1, 0.15) is 197 Å². The van der Waals surface area contributed by atoms with Crippen LogP contribution in [0.3, 0.4) is 0 Å². The van der Waals surface area contributed by atoms with Crippen molar-refractivity contribution in [1.82, 2.24) is 19.9 Å². The molecule has 0 saturated heterocycles. The number of carbonyl (C=O) groups excluding carboxylic acids is 1. The molecule has 63 heavy (non-hydrogen) atoms. The lowest BCUT2D eigenvalue weighted by atomic mass is 9.89. The van der Waals surface area contributed by atoms with Gasteiger partial charge in [-0.05, 0) is 138 Å². The topological polar surface area (TPSA) is 68.6 Å². The van der Waals surface area contributed by atoms with Crippen molar-refractivity contribution in [1.29, 1.82) is 0 Å². The zero-order valence-corrected chi connectivity index (χ0v) is 42.7. The summed E-state index contributed by atoms with van der Waals surface area (Å²) in [6, 6.07) is 24.9. The SMILES string of the molecule is CC(C)(C)C.CC(C)(C)C.CC(C)(C)C.CC(C)(C)C.O=C1CCc2ncccc21.c1ccc2c(c1)Cc1cccnc1C2.c1cnc2c(c1)CCC2.c1cnc2c(c1)CCCC2. The lowest BCUT2D eigenvalue weighted by Crippen LogP contribution is -2.08. The molecule has 5 aromatic rings. The van der Waals surface area contributed by atoms with Crippen LogP contribution in [0.2, 0.25) is 0 Å². The average Bonchev–Trinajstić information content (AvgIpc) is 3.82. The van der Waals surface area contributed by atoms with Crippen molar-refractivity contribution in [3.63, 3.8) is 0 Å². The molecule has 344 valence electrons. The second kappa shape index (κ2) is 26.3. The number of aromatic nitrogens is 4. The van der Waals surface area contributed by atoms with E-state index in [1.54, 1.807) is 6.20 Å². The Kier molecular flexibility index (Phi) is 22.8.